The Hall–Kier alpha value is -1.65. The van der Waals surface area contributed by atoms with E-state index in [2.05, 4.69) is 16.7 Å². The summed E-state index contributed by atoms with van der Waals surface area (Å²) < 4.78 is 1.56. The van der Waals surface area contributed by atoms with Crippen molar-refractivity contribution in [2.24, 2.45) is 0 Å². The summed E-state index contributed by atoms with van der Waals surface area (Å²) in [6, 6.07) is 0. The standard InChI is InChI=1S/C7H9N3O2/c1-6(7(11)12)2-3-10-5-8-4-9-10/h4-5H,1-3H2,(H,11,12). The minimum atomic E-state index is -0.963. The fourth-order valence-electron chi connectivity index (χ4n) is 0.705. The van der Waals surface area contributed by atoms with Crippen molar-refractivity contribution in [3.05, 3.63) is 24.8 Å². The summed E-state index contributed by atoms with van der Waals surface area (Å²) in [6.07, 6.45) is 3.33. The number of aromatic nitrogens is 3. The van der Waals surface area contributed by atoms with Gasteiger partial charge in [0.05, 0.1) is 0 Å². The van der Waals surface area contributed by atoms with Crippen LogP contribution >= 0.6 is 0 Å². The number of hydrogen-bond donors (Lipinski definition) is 1. The van der Waals surface area contributed by atoms with Crippen LogP contribution in [0.1, 0.15) is 6.42 Å². The largest absolute Gasteiger partial charge is 0.478 e. The van der Waals surface area contributed by atoms with Gasteiger partial charge in [0.2, 0.25) is 0 Å². The Labute approximate surface area is 69.3 Å². The first-order valence-corrected chi connectivity index (χ1v) is 3.43. The van der Waals surface area contributed by atoms with Crippen molar-refractivity contribution in [3.8, 4) is 0 Å². The molecule has 0 aliphatic rings. The number of carboxylic acids is 1. The second kappa shape index (κ2) is 3.66. The van der Waals surface area contributed by atoms with E-state index in [0.717, 1.165) is 0 Å². The van der Waals surface area contributed by atoms with E-state index in [1.54, 1.807) is 4.68 Å². The molecule has 1 aromatic heterocycles. The predicted octanol–water partition coefficient (Wildman–Crippen LogP) is 0.309. The van der Waals surface area contributed by atoms with Crippen LogP contribution in [0, 0.1) is 0 Å². The number of aryl methyl sites for hydroxylation is 1. The smallest absolute Gasteiger partial charge is 0.331 e. The van der Waals surface area contributed by atoms with Gasteiger partial charge in [0.25, 0.3) is 0 Å². The Kier molecular flexibility index (Phi) is 2.57. The lowest BCUT2D eigenvalue weighted by atomic mass is 10.2. The molecule has 0 atom stereocenters. The first-order valence-electron chi connectivity index (χ1n) is 3.43. The minimum absolute atomic E-state index is 0.186. The molecule has 0 amide bonds. The Morgan fingerprint density at radius 1 is 1.67 bits per heavy atom. The molecule has 0 fully saturated rings. The molecule has 1 N–H and O–H groups in total. The number of aliphatic carboxylic acids is 1. The van der Waals surface area contributed by atoms with Crippen LogP contribution in [0.15, 0.2) is 24.8 Å². The van der Waals surface area contributed by atoms with E-state index in [1.807, 2.05) is 0 Å². The van der Waals surface area contributed by atoms with Crippen molar-refractivity contribution in [3.63, 3.8) is 0 Å². The van der Waals surface area contributed by atoms with E-state index in [1.165, 1.54) is 12.7 Å². The van der Waals surface area contributed by atoms with Crippen molar-refractivity contribution >= 4 is 5.97 Å². The van der Waals surface area contributed by atoms with Crippen molar-refractivity contribution in [2.45, 2.75) is 13.0 Å². The Balaban J connectivity index is 2.37. The zero-order valence-corrected chi connectivity index (χ0v) is 6.47. The Morgan fingerprint density at radius 2 is 2.42 bits per heavy atom. The molecule has 12 heavy (non-hydrogen) atoms. The van der Waals surface area contributed by atoms with Gasteiger partial charge in [0.1, 0.15) is 12.7 Å². The van der Waals surface area contributed by atoms with E-state index in [0.29, 0.717) is 13.0 Å². The molecular weight excluding hydrogens is 158 g/mol. The molecule has 5 heteroatoms. The van der Waals surface area contributed by atoms with Crippen LogP contribution in [0.3, 0.4) is 0 Å². The molecule has 0 unspecified atom stereocenters. The lowest BCUT2D eigenvalue weighted by Crippen LogP contribution is -2.04. The Morgan fingerprint density at radius 3 is 2.92 bits per heavy atom. The van der Waals surface area contributed by atoms with Crippen molar-refractivity contribution in [1.29, 1.82) is 0 Å². The summed E-state index contributed by atoms with van der Waals surface area (Å²) in [5, 5.41) is 12.3. The van der Waals surface area contributed by atoms with Crippen LogP contribution in [-0.2, 0) is 11.3 Å². The first kappa shape index (κ1) is 8.45. The van der Waals surface area contributed by atoms with Crippen LogP contribution in [0.2, 0.25) is 0 Å². The molecule has 0 aromatic carbocycles. The first-order chi connectivity index (χ1) is 5.70. The lowest BCUT2D eigenvalue weighted by Gasteiger charge is -1.99. The van der Waals surface area contributed by atoms with Crippen LogP contribution in [0.25, 0.3) is 0 Å². The fraction of sp³-hybridized carbons (Fsp3) is 0.286. The van der Waals surface area contributed by atoms with Gasteiger partial charge in [-0.15, -0.1) is 0 Å². The van der Waals surface area contributed by atoms with Gasteiger partial charge < -0.3 is 5.11 Å². The second-order valence-electron chi connectivity index (χ2n) is 2.32. The summed E-state index contributed by atoms with van der Waals surface area (Å²) in [4.78, 5) is 14.0. The third kappa shape index (κ3) is 2.19. The molecule has 1 aromatic rings. The average Bonchev–Trinajstić information content (AvgIpc) is 2.51. The van der Waals surface area contributed by atoms with Crippen LogP contribution < -0.4 is 0 Å². The zero-order chi connectivity index (χ0) is 8.97. The summed E-state index contributed by atoms with van der Waals surface area (Å²) >= 11 is 0. The summed E-state index contributed by atoms with van der Waals surface area (Å²) in [6.45, 7) is 3.90. The molecule has 5 nitrogen and oxygen atoms in total. The molecule has 0 saturated carbocycles. The summed E-state index contributed by atoms with van der Waals surface area (Å²) in [5.74, 6) is -0.963. The van der Waals surface area contributed by atoms with Crippen LogP contribution in [0.4, 0.5) is 0 Å². The lowest BCUT2D eigenvalue weighted by molar-refractivity contribution is -0.132. The van der Waals surface area contributed by atoms with Crippen molar-refractivity contribution in [2.75, 3.05) is 0 Å². The highest BCUT2D eigenvalue weighted by Gasteiger charge is 2.03. The van der Waals surface area contributed by atoms with E-state index in [-0.39, 0.29) is 5.57 Å². The highest BCUT2D eigenvalue weighted by Crippen LogP contribution is 1.99. The van der Waals surface area contributed by atoms with Crippen LogP contribution in [0.5, 0.6) is 0 Å². The molecule has 0 bridgehead atoms. The topological polar surface area (TPSA) is 68.0 Å². The summed E-state index contributed by atoms with van der Waals surface area (Å²) in [5.41, 5.74) is 0.186. The monoisotopic (exact) mass is 167 g/mol. The number of hydrogen-bond acceptors (Lipinski definition) is 3. The number of carbonyl (C=O) groups is 1. The van der Waals surface area contributed by atoms with E-state index in [9.17, 15) is 4.79 Å². The molecule has 64 valence electrons. The quantitative estimate of drug-likeness (QED) is 0.655. The van der Waals surface area contributed by atoms with Crippen LogP contribution in [-0.4, -0.2) is 25.8 Å². The second-order valence-corrected chi connectivity index (χ2v) is 2.32. The molecule has 1 heterocycles. The molecule has 1 rings (SSSR count). The molecule has 0 saturated heterocycles. The highest BCUT2D eigenvalue weighted by atomic mass is 16.4. The highest BCUT2D eigenvalue weighted by molar-refractivity contribution is 5.85. The van der Waals surface area contributed by atoms with E-state index >= 15 is 0 Å². The maximum absolute atomic E-state index is 10.3. The number of rotatable bonds is 4. The molecule has 0 spiro atoms. The molecule has 0 aliphatic heterocycles. The van der Waals surface area contributed by atoms with Crippen molar-refractivity contribution < 1.29 is 9.90 Å². The number of nitrogens with zero attached hydrogens (tertiary/aromatic N) is 3. The van der Waals surface area contributed by atoms with Gasteiger partial charge in [-0.05, 0) is 6.42 Å². The van der Waals surface area contributed by atoms with Gasteiger partial charge in [-0.2, -0.15) is 5.10 Å². The fourth-order valence-corrected chi connectivity index (χ4v) is 0.705. The van der Waals surface area contributed by atoms with Crippen molar-refractivity contribution in [1.82, 2.24) is 14.8 Å². The molecule has 0 aliphatic carbocycles. The van der Waals surface area contributed by atoms with Gasteiger partial charge in [0, 0.05) is 12.1 Å². The van der Waals surface area contributed by atoms with Gasteiger partial charge in [-0.3, -0.25) is 4.68 Å². The molecule has 0 radical (unpaired) electrons. The average molecular weight is 167 g/mol. The number of carboxylic acid groups (broad SMARTS) is 1. The Bertz CT molecular complexity index is 279. The maximum atomic E-state index is 10.3. The third-order valence-electron chi connectivity index (χ3n) is 1.41. The van der Waals surface area contributed by atoms with Gasteiger partial charge in [-0.1, -0.05) is 6.58 Å². The van der Waals surface area contributed by atoms with E-state index in [4.69, 9.17) is 5.11 Å². The maximum Gasteiger partial charge on any atom is 0.331 e. The third-order valence-corrected chi connectivity index (χ3v) is 1.41. The normalized spacial score (nSPS) is 9.67. The zero-order valence-electron chi connectivity index (χ0n) is 6.47. The van der Waals surface area contributed by atoms with Gasteiger partial charge in [-0.25, -0.2) is 9.78 Å². The predicted molar refractivity (Wildman–Crippen MR) is 41.4 cm³/mol. The van der Waals surface area contributed by atoms with E-state index < -0.39 is 5.97 Å². The molecular formula is C7H9N3O2. The SMILES string of the molecule is C=C(CCn1cncn1)C(=O)O. The van der Waals surface area contributed by atoms with Gasteiger partial charge in [0.15, 0.2) is 0 Å². The van der Waals surface area contributed by atoms with Gasteiger partial charge >= 0.3 is 5.97 Å². The minimum Gasteiger partial charge on any atom is -0.478 e. The summed E-state index contributed by atoms with van der Waals surface area (Å²) in [7, 11) is 0.